The Balaban J connectivity index is 1.92. The lowest BCUT2D eigenvalue weighted by Gasteiger charge is -2.07. The first kappa shape index (κ1) is 13.4. The van der Waals surface area contributed by atoms with Crippen LogP contribution in [0.2, 0.25) is 0 Å². The summed E-state index contributed by atoms with van der Waals surface area (Å²) >= 11 is 0. The number of aromatic amines is 1. The lowest BCUT2D eigenvalue weighted by molar-refractivity contribution is 0.827. The molecular weight excluding hydrogens is 294 g/mol. The lowest BCUT2D eigenvalue weighted by Crippen LogP contribution is -1.95. The van der Waals surface area contributed by atoms with E-state index < -0.39 is 0 Å². The summed E-state index contributed by atoms with van der Waals surface area (Å²) in [5.41, 5.74) is 5.76. The van der Waals surface area contributed by atoms with Gasteiger partial charge in [0.15, 0.2) is 0 Å². The number of aryl methyl sites for hydroxylation is 1. The highest BCUT2D eigenvalue weighted by Crippen LogP contribution is 2.35. The van der Waals surface area contributed by atoms with Crippen molar-refractivity contribution in [2.75, 3.05) is 0 Å². The number of aromatic nitrogens is 3. The number of fused-ring (bicyclic) bond motifs is 4. The molecule has 5 aromatic rings. The van der Waals surface area contributed by atoms with E-state index in [2.05, 4.69) is 65.0 Å². The second-order valence-electron chi connectivity index (χ2n) is 6.07. The number of benzene rings is 3. The number of imidazole rings is 1. The molecule has 0 spiro atoms. The van der Waals surface area contributed by atoms with Gasteiger partial charge in [-0.25, -0.2) is 4.98 Å². The van der Waals surface area contributed by atoms with Crippen LogP contribution in [0.25, 0.3) is 44.2 Å². The Hall–Kier alpha value is -3.07. The fraction of sp³-hybridized carbons (Fsp3) is 0.0952. The van der Waals surface area contributed by atoms with Crippen molar-refractivity contribution in [3.8, 4) is 11.4 Å². The largest absolute Gasteiger partial charge is 0.340 e. The van der Waals surface area contributed by atoms with E-state index in [4.69, 9.17) is 4.98 Å². The molecule has 0 saturated heterocycles. The Labute approximate surface area is 139 Å². The van der Waals surface area contributed by atoms with Crippen LogP contribution in [0.5, 0.6) is 0 Å². The summed E-state index contributed by atoms with van der Waals surface area (Å²) in [5, 5.41) is 2.58. The number of hydrogen-bond acceptors (Lipinski definition) is 1. The van der Waals surface area contributed by atoms with Gasteiger partial charge in [-0.3, -0.25) is 0 Å². The highest BCUT2D eigenvalue weighted by Gasteiger charge is 2.15. The maximum absolute atomic E-state index is 4.81. The van der Waals surface area contributed by atoms with Crippen molar-refractivity contribution < 1.29 is 0 Å². The number of hydrogen-bond donors (Lipinski definition) is 1. The first-order chi connectivity index (χ1) is 11.9. The van der Waals surface area contributed by atoms with Crippen LogP contribution in [0.3, 0.4) is 0 Å². The van der Waals surface area contributed by atoms with E-state index in [1.807, 2.05) is 18.2 Å². The monoisotopic (exact) mass is 311 g/mol. The van der Waals surface area contributed by atoms with Gasteiger partial charge in [0.05, 0.1) is 16.6 Å². The molecule has 2 aromatic heterocycles. The minimum atomic E-state index is 0.930. The highest BCUT2D eigenvalue weighted by molar-refractivity contribution is 6.12. The second-order valence-corrected chi connectivity index (χ2v) is 6.07. The van der Waals surface area contributed by atoms with Crippen LogP contribution in [0.1, 0.15) is 6.92 Å². The van der Waals surface area contributed by atoms with Crippen LogP contribution in [-0.2, 0) is 6.54 Å². The second kappa shape index (κ2) is 4.96. The maximum atomic E-state index is 4.81. The summed E-state index contributed by atoms with van der Waals surface area (Å²) in [7, 11) is 0. The van der Waals surface area contributed by atoms with E-state index in [9.17, 15) is 0 Å². The predicted molar refractivity (Wildman–Crippen MR) is 100 cm³/mol. The average molecular weight is 311 g/mol. The fourth-order valence-electron chi connectivity index (χ4n) is 3.71. The molecule has 0 radical (unpaired) electrons. The third-order valence-electron chi connectivity index (χ3n) is 4.75. The summed E-state index contributed by atoms with van der Waals surface area (Å²) < 4.78 is 2.38. The molecule has 0 aliphatic carbocycles. The standard InChI is InChI=1S/C21H17N3/c1-2-24-19-13-6-3-8-14(19)15-9-7-10-16(20(15)24)21-22-17-11-4-5-12-18(17)23-21/h3-13H,2H2,1H3,(H,22,23). The van der Waals surface area contributed by atoms with Crippen molar-refractivity contribution in [3.05, 3.63) is 66.7 Å². The van der Waals surface area contributed by atoms with Gasteiger partial charge >= 0.3 is 0 Å². The van der Waals surface area contributed by atoms with E-state index in [0.717, 1.165) is 29.0 Å². The normalized spacial score (nSPS) is 11.7. The molecule has 0 aliphatic rings. The summed E-state index contributed by atoms with van der Waals surface area (Å²) in [6.07, 6.45) is 0. The maximum Gasteiger partial charge on any atom is 0.140 e. The Kier molecular flexibility index (Phi) is 2.77. The Morgan fingerprint density at radius 2 is 1.67 bits per heavy atom. The van der Waals surface area contributed by atoms with Crippen molar-refractivity contribution in [1.82, 2.24) is 14.5 Å². The zero-order valence-corrected chi connectivity index (χ0v) is 13.5. The first-order valence-corrected chi connectivity index (χ1v) is 8.32. The molecule has 3 nitrogen and oxygen atoms in total. The molecule has 3 aromatic carbocycles. The minimum absolute atomic E-state index is 0.930. The van der Waals surface area contributed by atoms with E-state index in [1.165, 1.54) is 21.8 Å². The van der Waals surface area contributed by atoms with Gasteiger partial charge in [-0.15, -0.1) is 0 Å². The molecule has 0 atom stereocenters. The smallest absolute Gasteiger partial charge is 0.140 e. The van der Waals surface area contributed by atoms with Crippen LogP contribution < -0.4 is 0 Å². The summed E-state index contributed by atoms with van der Waals surface area (Å²) in [5.74, 6) is 0.930. The lowest BCUT2D eigenvalue weighted by atomic mass is 10.1. The van der Waals surface area contributed by atoms with E-state index in [-0.39, 0.29) is 0 Å². The Bertz CT molecular complexity index is 1160. The molecule has 0 aliphatic heterocycles. The molecule has 0 fully saturated rings. The number of nitrogens with zero attached hydrogens (tertiary/aromatic N) is 2. The third kappa shape index (κ3) is 1.75. The molecule has 24 heavy (non-hydrogen) atoms. The van der Waals surface area contributed by atoms with Gasteiger partial charge in [-0.2, -0.15) is 0 Å². The number of nitrogens with one attached hydrogen (secondary N) is 1. The number of rotatable bonds is 2. The van der Waals surface area contributed by atoms with Gasteiger partial charge in [-0.05, 0) is 31.2 Å². The van der Waals surface area contributed by atoms with Crippen LogP contribution in [0, 0.1) is 0 Å². The van der Waals surface area contributed by atoms with Crippen LogP contribution >= 0.6 is 0 Å². The van der Waals surface area contributed by atoms with Crippen molar-refractivity contribution in [2.45, 2.75) is 13.5 Å². The molecule has 5 rings (SSSR count). The van der Waals surface area contributed by atoms with Crippen molar-refractivity contribution in [3.63, 3.8) is 0 Å². The Morgan fingerprint density at radius 3 is 2.54 bits per heavy atom. The van der Waals surface area contributed by atoms with Gasteiger partial charge in [0.2, 0.25) is 0 Å². The molecule has 0 saturated carbocycles. The summed E-state index contributed by atoms with van der Waals surface area (Å²) in [6.45, 7) is 3.13. The average Bonchev–Trinajstić information content (AvgIpc) is 3.20. The topological polar surface area (TPSA) is 33.6 Å². The van der Waals surface area contributed by atoms with Gasteiger partial charge in [-0.1, -0.05) is 42.5 Å². The van der Waals surface area contributed by atoms with Crippen LogP contribution in [0.15, 0.2) is 66.7 Å². The Morgan fingerprint density at radius 1 is 0.875 bits per heavy atom. The van der Waals surface area contributed by atoms with E-state index in [1.54, 1.807) is 0 Å². The van der Waals surface area contributed by atoms with Gasteiger partial charge in [0.1, 0.15) is 5.82 Å². The third-order valence-corrected chi connectivity index (χ3v) is 4.75. The van der Waals surface area contributed by atoms with Gasteiger partial charge in [0, 0.05) is 28.4 Å². The van der Waals surface area contributed by atoms with Crippen molar-refractivity contribution in [1.29, 1.82) is 0 Å². The molecule has 0 amide bonds. The fourth-order valence-corrected chi connectivity index (χ4v) is 3.71. The molecule has 116 valence electrons. The quantitative estimate of drug-likeness (QED) is 0.468. The van der Waals surface area contributed by atoms with Crippen LogP contribution in [0.4, 0.5) is 0 Å². The minimum Gasteiger partial charge on any atom is -0.340 e. The van der Waals surface area contributed by atoms with Gasteiger partial charge < -0.3 is 9.55 Å². The van der Waals surface area contributed by atoms with Crippen LogP contribution in [-0.4, -0.2) is 14.5 Å². The summed E-state index contributed by atoms with van der Waals surface area (Å²) in [4.78, 5) is 8.29. The molecular formula is C21H17N3. The van der Waals surface area contributed by atoms with Crippen molar-refractivity contribution >= 4 is 32.8 Å². The predicted octanol–water partition coefficient (Wildman–Crippen LogP) is 5.36. The molecule has 0 unspecified atom stereocenters. The molecule has 2 heterocycles. The summed E-state index contributed by atoms with van der Waals surface area (Å²) in [6, 6.07) is 23.3. The molecule has 0 bridgehead atoms. The zero-order chi connectivity index (χ0) is 16.1. The van der Waals surface area contributed by atoms with Crippen molar-refractivity contribution in [2.24, 2.45) is 0 Å². The van der Waals surface area contributed by atoms with E-state index >= 15 is 0 Å². The molecule has 1 N–H and O–H groups in total. The SMILES string of the molecule is CCn1c2ccccc2c2cccc(-c3nc4ccccc4[nH]3)c21. The highest BCUT2D eigenvalue weighted by atomic mass is 15.0. The van der Waals surface area contributed by atoms with E-state index in [0.29, 0.717) is 0 Å². The number of H-pyrrole nitrogens is 1. The zero-order valence-electron chi connectivity index (χ0n) is 13.5. The van der Waals surface area contributed by atoms with Gasteiger partial charge in [0.25, 0.3) is 0 Å². The number of para-hydroxylation sites is 4. The molecule has 3 heteroatoms. The first-order valence-electron chi connectivity index (χ1n) is 8.32.